The van der Waals surface area contributed by atoms with Crippen LogP contribution in [0.25, 0.3) is 0 Å². The molecular formula is C34H60N10O8S. The fraction of sp³-hybridized carbons (Fsp3) is 0.765. The normalized spacial score (nSPS) is 20.4. The highest BCUT2D eigenvalue weighted by molar-refractivity contribution is 7.80. The predicted molar refractivity (Wildman–Crippen MR) is 201 cm³/mol. The van der Waals surface area contributed by atoms with Crippen molar-refractivity contribution in [2.75, 3.05) is 25.4 Å². The number of hydrogen-bond acceptors (Lipinski definition) is 10. The molecule has 0 aromatic rings. The second-order valence-electron chi connectivity index (χ2n) is 14.3. The molecule has 8 atom stereocenters. The minimum absolute atomic E-state index is 0.0836. The first-order valence-corrected chi connectivity index (χ1v) is 19.0. The topological polar surface area (TPSA) is 285 Å². The van der Waals surface area contributed by atoms with Gasteiger partial charge in [-0.2, -0.15) is 12.6 Å². The van der Waals surface area contributed by atoms with E-state index in [0.717, 1.165) is 0 Å². The van der Waals surface area contributed by atoms with Gasteiger partial charge < -0.3 is 53.4 Å². The summed E-state index contributed by atoms with van der Waals surface area (Å²) in [6.45, 7) is 9.67. The lowest BCUT2D eigenvalue weighted by Crippen LogP contribution is -2.60. The number of carbonyl (C=O) groups excluding carboxylic acids is 6. The number of carboxylic acids is 1. The minimum Gasteiger partial charge on any atom is -0.480 e. The number of carbonyl (C=O) groups is 7. The second kappa shape index (κ2) is 21.5. The third-order valence-corrected chi connectivity index (χ3v) is 9.92. The highest BCUT2D eigenvalue weighted by atomic mass is 32.1. The summed E-state index contributed by atoms with van der Waals surface area (Å²) in [5.41, 5.74) is 16.7. The number of aliphatic imine (C=N–C) groups is 1. The maximum atomic E-state index is 13.9. The molecule has 2 heterocycles. The quantitative estimate of drug-likeness (QED) is 0.0295. The van der Waals surface area contributed by atoms with E-state index in [2.05, 4.69) is 38.9 Å². The molecule has 0 spiro atoms. The van der Waals surface area contributed by atoms with Gasteiger partial charge in [-0.25, -0.2) is 4.79 Å². The highest BCUT2D eigenvalue weighted by Crippen LogP contribution is 2.26. The second-order valence-corrected chi connectivity index (χ2v) is 14.7. The summed E-state index contributed by atoms with van der Waals surface area (Å²) in [5.74, 6) is -5.33. The number of nitrogens with one attached hydrogen (secondary N) is 4. The third kappa shape index (κ3) is 13.3. The molecule has 0 radical (unpaired) electrons. The lowest BCUT2D eigenvalue weighted by atomic mass is 9.96. The summed E-state index contributed by atoms with van der Waals surface area (Å²) in [7, 11) is 0. The largest absolute Gasteiger partial charge is 0.480 e. The molecule has 19 heteroatoms. The zero-order valence-corrected chi connectivity index (χ0v) is 32.4. The van der Waals surface area contributed by atoms with E-state index >= 15 is 0 Å². The van der Waals surface area contributed by atoms with Crippen LogP contribution in [0.3, 0.4) is 0 Å². The highest BCUT2D eigenvalue weighted by Gasteiger charge is 2.43. The molecule has 11 N–H and O–H groups in total. The van der Waals surface area contributed by atoms with E-state index in [4.69, 9.17) is 17.2 Å². The summed E-state index contributed by atoms with van der Waals surface area (Å²) in [4.78, 5) is 99.5. The molecule has 0 saturated carbocycles. The Hall–Kier alpha value is -4.13. The number of guanidine groups is 1. The summed E-state index contributed by atoms with van der Waals surface area (Å²) in [6, 6.07) is -7.06. The third-order valence-electron chi connectivity index (χ3n) is 9.56. The van der Waals surface area contributed by atoms with Gasteiger partial charge in [0.15, 0.2) is 5.96 Å². The zero-order chi connectivity index (χ0) is 40.0. The zero-order valence-electron chi connectivity index (χ0n) is 31.5. The van der Waals surface area contributed by atoms with Crippen molar-refractivity contribution in [3.05, 3.63) is 0 Å². The van der Waals surface area contributed by atoms with Crippen LogP contribution in [0.2, 0.25) is 0 Å². The molecule has 2 rings (SSSR count). The Kier molecular flexibility index (Phi) is 18.3. The standard InChI is InChI=1S/C34H60N10O8S/c1-6-19(4)26(30(48)41-23(17-53)33(51)52)42-28(46)22(16-18(2)3)40-27(45)21(10-7-13-38-34(36)37)39-29(47)24-11-8-14-43(24)32(50)25-12-9-15-44(25)31(49)20(5)35/h18-26,53H,6-17,35H2,1-5H3,(H,39,47)(H,40,45)(H,41,48)(H,42,46)(H,51,52)(H4,36,37,38)/t19-,20-,21-,22-,23-,24-,25-,26-/m0/s1. The van der Waals surface area contributed by atoms with Crippen molar-refractivity contribution in [3.63, 3.8) is 0 Å². The van der Waals surface area contributed by atoms with E-state index in [1.54, 1.807) is 13.8 Å². The first-order chi connectivity index (χ1) is 24.9. The van der Waals surface area contributed by atoms with Gasteiger partial charge in [0.25, 0.3) is 0 Å². The molecule has 53 heavy (non-hydrogen) atoms. The molecule has 6 amide bonds. The molecule has 18 nitrogen and oxygen atoms in total. The van der Waals surface area contributed by atoms with Crippen molar-refractivity contribution in [2.45, 2.75) is 128 Å². The van der Waals surface area contributed by atoms with Crippen molar-refractivity contribution in [1.82, 2.24) is 31.1 Å². The van der Waals surface area contributed by atoms with Crippen LogP contribution in [0.5, 0.6) is 0 Å². The van der Waals surface area contributed by atoms with E-state index in [0.29, 0.717) is 45.2 Å². The molecule has 2 aliphatic rings. The molecule has 300 valence electrons. The van der Waals surface area contributed by atoms with Crippen LogP contribution in [0.1, 0.15) is 86.0 Å². The number of thiol groups is 1. The number of amides is 6. The predicted octanol–water partition coefficient (Wildman–Crippen LogP) is -1.58. The fourth-order valence-corrected chi connectivity index (χ4v) is 6.71. The number of hydrogen-bond donors (Lipinski definition) is 9. The Bertz CT molecular complexity index is 1340. The molecule has 2 fully saturated rings. The number of nitrogens with two attached hydrogens (primary N) is 3. The van der Waals surface area contributed by atoms with Crippen LogP contribution in [0, 0.1) is 11.8 Å². The number of nitrogens with zero attached hydrogens (tertiary/aromatic N) is 3. The Labute approximate surface area is 316 Å². The van der Waals surface area contributed by atoms with Crippen LogP contribution in [-0.2, 0) is 33.6 Å². The number of aliphatic carboxylic acids is 1. The van der Waals surface area contributed by atoms with E-state index in [1.165, 1.54) is 9.80 Å². The van der Waals surface area contributed by atoms with Crippen molar-refractivity contribution in [2.24, 2.45) is 34.0 Å². The van der Waals surface area contributed by atoms with Gasteiger partial charge in [-0.05, 0) is 63.7 Å². The summed E-state index contributed by atoms with van der Waals surface area (Å²) >= 11 is 4.00. The van der Waals surface area contributed by atoms with Gasteiger partial charge in [-0.1, -0.05) is 34.1 Å². The van der Waals surface area contributed by atoms with E-state index < -0.39 is 77.8 Å². The summed E-state index contributed by atoms with van der Waals surface area (Å²) in [6.07, 6.45) is 3.00. The van der Waals surface area contributed by atoms with Gasteiger partial charge in [0, 0.05) is 25.4 Å². The number of rotatable bonds is 20. The van der Waals surface area contributed by atoms with E-state index in [-0.39, 0.29) is 55.3 Å². The molecule has 0 aliphatic carbocycles. The van der Waals surface area contributed by atoms with Crippen molar-refractivity contribution in [1.29, 1.82) is 0 Å². The number of carboxylic acid groups (broad SMARTS) is 1. The molecular weight excluding hydrogens is 709 g/mol. The summed E-state index contributed by atoms with van der Waals surface area (Å²) in [5, 5.41) is 20.0. The maximum absolute atomic E-state index is 13.9. The van der Waals surface area contributed by atoms with Crippen molar-refractivity contribution < 1.29 is 38.7 Å². The van der Waals surface area contributed by atoms with Crippen LogP contribution in [-0.4, -0.2) is 130 Å². The summed E-state index contributed by atoms with van der Waals surface area (Å²) < 4.78 is 0. The average Bonchev–Trinajstić information content (AvgIpc) is 3.79. The van der Waals surface area contributed by atoms with Crippen LogP contribution in [0.15, 0.2) is 4.99 Å². The first kappa shape index (κ1) is 45.0. The van der Waals surface area contributed by atoms with Crippen molar-refractivity contribution >= 4 is 60.0 Å². The lowest BCUT2D eigenvalue weighted by Gasteiger charge is -2.32. The fourth-order valence-electron chi connectivity index (χ4n) is 6.46. The van der Waals surface area contributed by atoms with Crippen molar-refractivity contribution in [3.8, 4) is 0 Å². The SMILES string of the molecule is CC[C@H](C)[C@H](NC(=O)[C@H](CC(C)C)NC(=O)[C@H](CCCN=C(N)N)NC(=O)[C@@H]1CCCN1C(=O)[C@@H]1CCCN1C(=O)[C@H](C)N)C(=O)N[C@@H](CS)C(=O)O. The van der Waals surface area contributed by atoms with Crippen LogP contribution < -0.4 is 38.5 Å². The van der Waals surface area contributed by atoms with E-state index in [1.807, 2.05) is 20.8 Å². The molecule has 0 aromatic carbocycles. The molecule has 2 saturated heterocycles. The number of likely N-dealkylation sites (tertiary alicyclic amines) is 2. The first-order valence-electron chi connectivity index (χ1n) is 18.4. The Morgan fingerprint density at radius 1 is 0.830 bits per heavy atom. The van der Waals surface area contributed by atoms with Gasteiger partial charge in [0.2, 0.25) is 35.4 Å². The molecule has 2 aliphatic heterocycles. The van der Waals surface area contributed by atoms with E-state index in [9.17, 15) is 38.7 Å². The average molecular weight is 769 g/mol. The van der Waals surface area contributed by atoms with Gasteiger partial charge in [0.1, 0.15) is 36.3 Å². The molecule has 0 aromatic heterocycles. The maximum Gasteiger partial charge on any atom is 0.327 e. The van der Waals surface area contributed by atoms with Gasteiger partial charge in [-0.3, -0.25) is 33.8 Å². The molecule has 0 unspecified atom stereocenters. The monoisotopic (exact) mass is 768 g/mol. The Morgan fingerprint density at radius 2 is 1.42 bits per heavy atom. The smallest absolute Gasteiger partial charge is 0.327 e. The molecule has 0 bridgehead atoms. The van der Waals surface area contributed by atoms with Gasteiger partial charge in [-0.15, -0.1) is 0 Å². The minimum atomic E-state index is -1.28. The van der Waals surface area contributed by atoms with Gasteiger partial charge >= 0.3 is 5.97 Å². The van der Waals surface area contributed by atoms with Crippen LogP contribution >= 0.6 is 12.6 Å². The lowest BCUT2D eigenvalue weighted by molar-refractivity contribution is -0.147. The Balaban J connectivity index is 2.30. The van der Waals surface area contributed by atoms with Gasteiger partial charge in [0.05, 0.1) is 6.04 Å². The Morgan fingerprint density at radius 3 is 1.96 bits per heavy atom. The van der Waals surface area contributed by atoms with Crippen LogP contribution in [0.4, 0.5) is 0 Å².